The van der Waals surface area contributed by atoms with Crippen molar-refractivity contribution in [3.63, 3.8) is 0 Å². The monoisotopic (exact) mass is 430 g/mol. The molecule has 0 spiro atoms. The van der Waals surface area contributed by atoms with E-state index in [2.05, 4.69) is 0 Å². The lowest BCUT2D eigenvalue weighted by molar-refractivity contribution is -0.180. The topological polar surface area (TPSA) is 105 Å². The number of methoxy groups -OCH3 is 2. The molecule has 0 fully saturated rings. The minimum atomic E-state index is -1.44. The minimum absolute atomic E-state index is 0.0193. The summed E-state index contributed by atoms with van der Waals surface area (Å²) in [6, 6.07) is 0. The van der Waals surface area contributed by atoms with Crippen LogP contribution in [0.15, 0.2) is 0 Å². The van der Waals surface area contributed by atoms with Gasteiger partial charge in [-0.25, -0.2) is 0 Å². The predicted octanol–water partition coefficient (Wildman–Crippen LogP) is 3.59. The van der Waals surface area contributed by atoms with Gasteiger partial charge in [0, 0.05) is 12.8 Å². The third-order valence-corrected chi connectivity index (χ3v) is 4.99. The van der Waals surface area contributed by atoms with E-state index in [1.54, 1.807) is 41.5 Å². The Kier molecular flexibility index (Phi) is 9.54. The molecule has 0 rings (SSSR count). The fourth-order valence-electron chi connectivity index (χ4n) is 3.15. The first kappa shape index (κ1) is 27.9. The Bertz CT molecular complexity index is 585. The van der Waals surface area contributed by atoms with Crippen molar-refractivity contribution in [2.75, 3.05) is 14.2 Å². The van der Waals surface area contributed by atoms with Gasteiger partial charge in [0.25, 0.3) is 0 Å². The van der Waals surface area contributed by atoms with Gasteiger partial charge in [0.2, 0.25) is 0 Å². The van der Waals surface area contributed by atoms with E-state index in [0.717, 1.165) is 0 Å². The van der Waals surface area contributed by atoms with Crippen LogP contribution in [0.2, 0.25) is 0 Å². The number of rotatable bonds is 9. The van der Waals surface area contributed by atoms with Gasteiger partial charge in [0.05, 0.1) is 25.0 Å². The molecule has 8 heteroatoms. The molecule has 0 aromatic carbocycles. The molecule has 8 nitrogen and oxygen atoms in total. The fourth-order valence-corrected chi connectivity index (χ4v) is 3.15. The first-order valence-electron chi connectivity index (χ1n) is 10.0. The third kappa shape index (κ3) is 7.95. The van der Waals surface area contributed by atoms with Gasteiger partial charge < -0.3 is 18.9 Å². The van der Waals surface area contributed by atoms with E-state index in [1.165, 1.54) is 28.1 Å². The van der Waals surface area contributed by atoms with Crippen LogP contribution in [0.4, 0.5) is 0 Å². The molecule has 0 bridgehead atoms. The summed E-state index contributed by atoms with van der Waals surface area (Å²) in [6.45, 7) is 13.5. The molecular formula is C22H38O8. The van der Waals surface area contributed by atoms with Gasteiger partial charge in [-0.15, -0.1) is 0 Å². The first-order chi connectivity index (χ1) is 13.4. The first-order valence-corrected chi connectivity index (χ1v) is 10.0. The van der Waals surface area contributed by atoms with Crippen molar-refractivity contribution in [1.82, 2.24) is 0 Å². The second kappa shape index (κ2) is 10.3. The maximum atomic E-state index is 12.8. The quantitative estimate of drug-likeness (QED) is 0.404. The van der Waals surface area contributed by atoms with Gasteiger partial charge in [-0.1, -0.05) is 0 Å². The number of esters is 4. The number of carbonyl (C=O) groups is 4. The van der Waals surface area contributed by atoms with Gasteiger partial charge >= 0.3 is 23.9 Å². The van der Waals surface area contributed by atoms with Crippen molar-refractivity contribution in [3.8, 4) is 0 Å². The van der Waals surface area contributed by atoms with Crippen molar-refractivity contribution in [3.05, 3.63) is 0 Å². The summed E-state index contributed by atoms with van der Waals surface area (Å²) in [5.74, 6) is -2.36. The van der Waals surface area contributed by atoms with Crippen LogP contribution in [0.1, 0.15) is 81.1 Å². The van der Waals surface area contributed by atoms with Gasteiger partial charge in [0.15, 0.2) is 0 Å². The van der Waals surface area contributed by atoms with Crippen LogP contribution in [-0.4, -0.2) is 49.3 Å². The van der Waals surface area contributed by atoms with Crippen molar-refractivity contribution in [1.29, 1.82) is 0 Å². The van der Waals surface area contributed by atoms with Gasteiger partial charge in [-0.3, -0.25) is 19.2 Å². The Morgan fingerprint density at radius 3 is 1.03 bits per heavy atom. The average Bonchev–Trinajstić information content (AvgIpc) is 2.59. The summed E-state index contributed by atoms with van der Waals surface area (Å²) in [5, 5.41) is 0. The molecule has 0 N–H and O–H groups in total. The second-order valence-corrected chi connectivity index (χ2v) is 9.82. The largest absolute Gasteiger partial charge is 0.469 e. The Morgan fingerprint density at radius 1 is 0.567 bits per heavy atom. The van der Waals surface area contributed by atoms with Crippen LogP contribution in [-0.2, 0) is 38.1 Å². The lowest BCUT2D eigenvalue weighted by atomic mass is 9.61. The summed E-state index contributed by atoms with van der Waals surface area (Å²) in [4.78, 5) is 50.0. The number of hydrogen-bond acceptors (Lipinski definition) is 8. The molecule has 30 heavy (non-hydrogen) atoms. The smallest absolute Gasteiger partial charge is 0.312 e. The van der Waals surface area contributed by atoms with Crippen molar-refractivity contribution >= 4 is 23.9 Å². The van der Waals surface area contributed by atoms with Crippen molar-refractivity contribution < 1.29 is 38.1 Å². The van der Waals surface area contributed by atoms with Gasteiger partial charge in [-0.2, -0.15) is 0 Å². The molecule has 0 saturated heterocycles. The highest BCUT2D eigenvalue weighted by Gasteiger charge is 2.56. The summed E-state index contributed by atoms with van der Waals surface area (Å²) in [6.07, 6.45) is -0.257. The number of hydrogen-bond donors (Lipinski definition) is 0. The molecule has 0 aromatic rings. The zero-order valence-corrected chi connectivity index (χ0v) is 20.1. The fraction of sp³-hybridized carbons (Fsp3) is 0.818. The molecule has 2 atom stereocenters. The molecule has 0 aliphatic rings. The van der Waals surface area contributed by atoms with E-state index < -0.39 is 45.9 Å². The van der Waals surface area contributed by atoms with Crippen LogP contribution in [0.5, 0.6) is 0 Å². The van der Waals surface area contributed by atoms with Gasteiger partial charge in [-0.05, 0) is 68.2 Å². The van der Waals surface area contributed by atoms with Crippen LogP contribution >= 0.6 is 0 Å². The molecule has 2 unspecified atom stereocenters. The summed E-state index contributed by atoms with van der Waals surface area (Å²) in [7, 11) is 2.42. The Morgan fingerprint density at radius 2 is 0.833 bits per heavy atom. The molecule has 0 amide bonds. The zero-order valence-electron chi connectivity index (χ0n) is 20.1. The van der Waals surface area contributed by atoms with Crippen molar-refractivity contribution in [2.45, 2.75) is 92.3 Å². The summed E-state index contributed by atoms with van der Waals surface area (Å²) >= 11 is 0. The molecule has 0 radical (unpaired) electrons. The van der Waals surface area contributed by atoms with E-state index in [-0.39, 0.29) is 25.7 Å². The van der Waals surface area contributed by atoms with E-state index >= 15 is 0 Å². The normalized spacial score (nSPS) is 15.9. The Hall–Kier alpha value is -2.12. The summed E-state index contributed by atoms with van der Waals surface area (Å²) < 4.78 is 20.6. The minimum Gasteiger partial charge on any atom is -0.469 e. The van der Waals surface area contributed by atoms with Crippen molar-refractivity contribution in [2.24, 2.45) is 10.8 Å². The SMILES string of the molecule is COC(=O)C(C)(CCC(=O)OC(C)(C)C)C(C)(CCC(=O)OC(C)(C)C)C(=O)OC. The molecule has 0 aromatic heterocycles. The standard InChI is InChI=1S/C22H38O8/c1-19(2,3)29-15(23)11-13-21(7,17(25)27-9)22(8,18(26)28-10)14-12-16(24)30-20(4,5)6/h11-14H2,1-10H3. The molecule has 0 saturated carbocycles. The highest BCUT2D eigenvalue weighted by atomic mass is 16.6. The average molecular weight is 431 g/mol. The second-order valence-electron chi connectivity index (χ2n) is 9.82. The third-order valence-electron chi connectivity index (χ3n) is 4.99. The van der Waals surface area contributed by atoms with E-state index in [9.17, 15) is 19.2 Å². The Balaban J connectivity index is 5.81. The predicted molar refractivity (Wildman–Crippen MR) is 110 cm³/mol. The van der Waals surface area contributed by atoms with E-state index in [0.29, 0.717) is 0 Å². The van der Waals surface area contributed by atoms with Gasteiger partial charge in [0.1, 0.15) is 11.2 Å². The summed E-state index contributed by atoms with van der Waals surface area (Å²) in [5.41, 5.74) is -4.23. The lowest BCUT2D eigenvalue weighted by Crippen LogP contribution is -2.50. The zero-order chi connectivity index (χ0) is 24.0. The molecule has 0 aliphatic carbocycles. The van der Waals surface area contributed by atoms with Crippen LogP contribution in [0.3, 0.4) is 0 Å². The highest BCUT2D eigenvalue weighted by Crippen LogP contribution is 2.48. The Labute approximate surface area is 180 Å². The van der Waals surface area contributed by atoms with Crippen LogP contribution in [0, 0.1) is 10.8 Å². The van der Waals surface area contributed by atoms with E-state index in [1.807, 2.05) is 0 Å². The van der Waals surface area contributed by atoms with Crippen LogP contribution in [0.25, 0.3) is 0 Å². The number of carbonyl (C=O) groups excluding carboxylic acids is 4. The maximum absolute atomic E-state index is 12.8. The lowest BCUT2D eigenvalue weighted by Gasteiger charge is -2.42. The number of ether oxygens (including phenoxy) is 4. The molecular weight excluding hydrogens is 392 g/mol. The molecule has 0 aliphatic heterocycles. The highest BCUT2D eigenvalue weighted by molar-refractivity contribution is 5.88. The molecule has 174 valence electrons. The maximum Gasteiger partial charge on any atom is 0.312 e. The van der Waals surface area contributed by atoms with Crippen LogP contribution < -0.4 is 0 Å². The van der Waals surface area contributed by atoms with E-state index in [4.69, 9.17) is 18.9 Å². The molecule has 0 heterocycles.